The minimum absolute atomic E-state index is 0.0278. The summed E-state index contributed by atoms with van der Waals surface area (Å²) in [6.07, 6.45) is 6.99. The molecule has 0 heterocycles. The van der Waals surface area contributed by atoms with Crippen molar-refractivity contribution in [1.29, 1.82) is 0 Å². The lowest BCUT2D eigenvalue weighted by atomic mass is 10.1. The van der Waals surface area contributed by atoms with Gasteiger partial charge >= 0.3 is 0 Å². The molecule has 0 aromatic heterocycles. The third kappa shape index (κ3) is 3.84. The Hall–Kier alpha value is -0.840. The van der Waals surface area contributed by atoms with Crippen LogP contribution in [0.5, 0.6) is 0 Å². The summed E-state index contributed by atoms with van der Waals surface area (Å²) < 4.78 is 1.15. The average Bonchev–Trinajstić information content (AvgIpc) is 2.83. The lowest BCUT2D eigenvalue weighted by Gasteiger charge is -2.06. The summed E-state index contributed by atoms with van der Waals surface area (Å²) >= 11 is 2.23. The van der Waals surface area contributed by atoms with Crippen molar-refractivity contribution in [3.8, 4) is 0 Å². The topological polar surface area (TPSA) is 29.1 Å². The molecular formula is C14H16INO. The van der Waals surface area contributed by atoms with Gasteiger partial charge in [0, 0.05) is 15.7 Å². The lowest BCUT2D eigenvalue weighted by Crippen LogP contribution is -2.24. The molecule has 0 unspecified atom stereocenters. The Morgan fingerprint density at radius 3 is 2.71 bits per heavy atom. The Labute approximate surface area is 116 Å². The van der Waals surface area contributed by atoms with Crippen LogP contribution >= 0.6 is 22.6 Å². The van der Waals surface area contributed by atoms with Crippen LogP contribution in [0.2, 0.25) is 0 Å². The predicted octanol–water partition coefficient (Wildman–Crippen LogP) is 3.52. The molecule has 1 aliphatic carbocycles. The summed E-state index contributed by atoms with van der Waals surface area (Å²) in [6.45, 7) is 0.747. The van der Waals surface area contributed by atoms with E-state index in [-0.39, 0.29) is 5.91 Å². The molecule has 0 saturated heterocycles. The van der Waals surface area contributed by atoms with E-state index in [1.807, 2.05) is 24.3 Å². The van der Waals surface area contributed by atoms with Crippen LogP contribution in [0.4, 0.5) is 0 Å². The highest BCUT2D eigenvalue weighted by atomic mass is 127. The molecule has 1 amide bonds. The van der Waals surface area contributed by atoms with Gasteiger partial charge < -0.3 is 5.32 Å². The summed E-state index contributed by atoms with van der Waals surface area (Å²) in [5.74, 6) is 0.0278. The molecule has 0 bridgehead atoms. The van der Waals surface area contributed by atoms with Crippen LogP contribution in [0.15, 0.2) is 35.9 Å². The van der Waals surface area contributed by atoms with E-state index in [1.54, 1.807) is 0 Å². The van der Waals surface area contributed by atoms with E-state index >= 15 is 0 Å². The molecule has 90 valence electrons. The zero-order valence-corrected chi connectivity index (χ0v) is 11.9. The van der Waals surface area contributed by atoms with E-state index < -0.39 is 0 Å². The van der Waals surface area contributed by atoms with Gasteiger partial charge in [0.1, 0.15) is 0 Å². The quantitative estimate of drug-likeness (QED) is 0.659. The van der Waals surface area contributed by atoms with Gasteiger partial charge in [0.25, 0.3) is 5.91 Å². The molecule has 0 spiro atoms. The second-order valence-corrected chi connectivity index (χ2v) is 5.51. The average molecular weight is 341 g/mol. The Balaban J connectivity index is 1.79. The van der Waals surface area contributed by atoms with Crippen molar-refractivity contribution in [2.24, 2.45) is 0 Å². The first-order valence-electron chi connectivity index (χ1n) is 5.97. The molecule has 1 N–H and O–H groups in total. The number of hydrogen-bond acceptors (Lipinski definition) is 1. The van der Waals surface area contributed by atoms with Crippen LogP contribution in [-0.2, 0) is 0 Å². The van der Waals surface area contributed by atoms with Crippen molar-refractivity contribution in [3.63, 3.8) is 0 Å². The lowest BCUT2D eigenvalue weighted by molar-refractivity contribution is 0.0954. The molecule has 0 atom stereocenters. The van der Waals surface area contributed by atoms with Crippen LogP contribution < -0.4 is 5.32 Å². The number of allylic oxidation sites excluding steroid dienone is 1. The number of hydrogen-bond donors (Lipinski definition) is 1. The van der Waals surface area contributed by atoms with Gasteiger partial charge in [-0.2, -0.15) is 0 Å². The maximum atomic E-state index is 11.8. The summed E-state index contributed by atoms with van der Waals surface area (Å²) in [7, 11) is 0. The van der Waals surface area contributed by atoms with Gasteiger partial charge in [0.2, 0.25) is 0 Å². The van der Waals surface area contributed by atoms with Gasteiger partial charge in [0.05, 0.1) is 0 Å². The Bertz CT molecular complexity index is 422. The molecular weight excluding hydrogens is 325 g/mol. The van der Waals surface area contributed by atoms with Gasteiger partial charge in [0.15, 0.2) is 0 Å². The molecule has 0 saturated carbocycles. The fraction of sp³-hybridized carbons (Fsp3) is 0.357. The normalized spacial score (nSPS) is 14.5. The maximum absolute atomic E-state index is 11.8. The highest BCUT2D eigenvalue weighted by Crippen LogP contribution is 2.19. The van der Waals surface area contributed by atoms with E-state index in [0.29, 0.717) is 0 Å². The molecule has 17 heavy (non-hydrogen) atoms. The number of halogens is 1. The van der Waals surface area contributed by atoms with Gasteiger partial charge in [-0.25, -0.2) is 0 Å². The number of amides is 1. The summed E-state index contributed by atoms with van der Waals surface area (Å²) in [4.78, 5) is 11.8. The van der Waals surface area contributed by atoms with Crippen molar-refractivity contribution in [2.45, 2.75) is 25.7 Å². The third-order valence-corrected chi connectivity index (χ3v) is 3.69. The van der Waals surface area contributed by atoms with E-state index in [1.165, 1.54) is 24.8 Å². The molecule has 2 rings (SSSR count). The predicted molar refractivity (Wildman–Crippen MR) is 78.0 cm³/mol. The van der Waals surface area contributed by atoms with E-state index in [0.717, 1.165) is 22.1 Å². The first-order chi connectivity index (χ1) is 8.25. The van der Waals surface area contributed by atoms with E-state index in [2.05, 4.69) is 34.0 Å². The van der Waals surface area contributed by atoms with Gasteiger partial charge in [-0.3, -0.25) is 4.79 Å². The number of carbonyl (C=O) groups is 1. The minimum atomic E-state index is 0.0278. The molecule has 0 aliphatic heterocycles. The van der Waals surface area contributed by atoms with Crippen molar-refractivity contribution >= 4 is 28.5 Å². The Morgan fingerprint density at radius 1 is 1.29 bits per heavy atom. The van der Waals surface area contributed by atoms with Crippen LogP contribution in [-0.4, -0.2) is 12.5 Å². The van der Waals surface area contributed by atoms with Gasteiger partial charge in [-0.1, -0.05) is 11.6 Å². The standard InChI is InChI=1S/C14H16INO/c15-13-7-5-12(6-8-13)14(17)16-10-9-11-3-1-2-4-11/h3,5-8H,1-2,4,9-10H2,(H,16,17). The molecule has 3 heteroatoms. The molecule has 0 fully saturated rings. The van der Waals surface area contributed by atoms with Crippen LogP contribution in [0.3, 0.4) is 0 Å². The van der Waals surface area contributed by atoms with Crippen molar-refractivity contribution < 1.29 is 4.79 Å². The Kier molecular flexibility index (Phi) is 4.59. The highest BCUT2D eigenvalue weighted by molar-refractivity contribution is 14.1. The summed E-state index contributed by atoms with van der Waals surface area (Å²) in [6, 6.07) is 7.64. The van der Waals surface area contributed by atoms with E-state index in [4.69, 9.17) is 0 Å². The van der Waals surface area contributed by atoms with Crippen LogP contribution in [0, 0.1) is 3.57 Å². The largest absolute Gasteiger partial charge is 0.352 e. The van der Waals surface area contributed by atoms with E-state index in [9.17, 15) is 4.79 Å². The fourth-order valence-electron chi connectivity index (χ4n) is 2.00. The van der Waals surface area contributed by atoms with Crippen LogP contribution in [0.25, 0.3) is 0 Å². The highest BCUT2D eigenvalue weighted by Gasteiger charge is 2.07. The number of benzene rings is 1. The molecule has 1 aliphatic rings. The monoisotopic (exact) mass is 341 g/mol. The molecule has 1 aromatic rings. The smallest absolute Gasteiger partial charge is 0.251 e. The first-order valence-corrected chi connectivity index (χ1v) is 7.05. The van der Waals surface area contributed by atoms with Gasteiger partial charge in [-0.05, 0) is 72.5 Å². The van der Waals surface area contributed by atoms with Crippen molar-refractivity contribution in [1.82, 2.24) is 5.32 Å². The molecule has 1 aromatic carbocycles. The number of carbonyl (C=O) groups excluding carboxylic acids is 1. The Morgan fingerprint density at radius 2 is 2.06 bits per heavy atom. The fourth-order valence-corrected chi connectivity index (χ4v) is 2.36. The second-order valence-electron chi connectivity index (χ2n) is 4.27. The summed E-state index contributed by atoms with van der Waals surface area (Å²) in [5, 5.41) is 2.96. The number of rotatable bonds is 4. The third-order valence-electron chi connectivity index (χ3n) is 2.97. The maximum Gasteiger partial charge on any atom is 0.251 e. The molecule has 0 radical (unpaired) electrons. The first kappa shape index (κ1) is 12.6. The zero-order valence-electron chi connectivity index (χ0n) is 9.71. The molecule has 2 nitrogen and oxygen atoms in total. The van der Waals surface area contributed by atoms with Crippen molar-refractivity contribution in [2.75, 3.05) is 6.54 Å². The minimum Gasteiger partial charge on any atom is -0.352 e. The van der Waals surface area contributed by atoms with Gasteiger partial charge in [-0.15, -0.1) is 0 Å². The van der Waals surface area contributed by atoms with Crippen molar-refractivity contribution in [3.05, 3.63) is 45.0 Å². The zero-order chi connectivity index (χ0) is 12.1. The SMILES string of the molecule is O=C(NCCC1=CCCC1)c1ccc(I)cc1. The second kappa shape index (κ2) is 6.19. The number of nitrogens with one attached hydrogen (secondary N) is 1. The van der Waals surface area contributed by atoms with Crippen LogP contribution in [0.1, 0.15) is 36.0 Å². The summed E-state index contributed by atoms with van der Waals surface area (Å²) in [5.41, 5.74) is 2.23.